The van der Waals surface area contributed by atoms with Gasteiger partial charge in [-0.2, -0.15) is 0 Å². The van der Waals surface area contributed by atoms with E-state index in [2.05, 4.69) is 9.44 Å². The zero-order chi connectivity index (χ0) is 24.0. The lowest BCUT2D eigenvalue weighted by Gasteiger charge is -2.29. The van der Waals surface area contributed by atoms with E-state index in [1.165, 1.54) is 37.7 Å². The molecular formula is C23H21N3O3S4. The predicted octanol–water partition coefficient (Wildman–Crippen LogP) is 4.74. The molecule has 0 aromatic heterocycles. The van der Waals surface area contributed by atoms with Crippen LogP contribution in [-0.4, -0.2) is 27.5 Å². The first-order chi connectivity index (χ1) is 15.8. The summed E-state index contributed by atoms with van der Waals surface area (Å²) in [6.07, 6.45) is 10.1. The van der Waals surface area contributed by atoms with Crippen LogP contribution in [0.4, 0.5) is 5.69 Å². The standard InChI is InChI=1S/C23H21N3O3S4/c1-14(27)24-32-17-9-7-16(8-10-17)26(23(29)19-5-3-4-6-21(19)30)20-12-11-18(13-22(20)31)33-25-15(2)28/h3-5,7-12H,6,13H2,1-2H3,(H,24,27)(H,25,28). The maximum absolute atomic E-state index is 13.6. The van der Waals surface area contributed by atoms with Crippen molar-refractivity contribution in [2.45, 2.75) is 31.6 Å². The van der Waals surface area contributed by atoms with Crippen molar-refractivity contribution in [3.05, 3.63) is 70.8 Å². The number of thiocarbonyl (C=S) groups is 2. The molecule has 10 heteroatoms. The molecule has 2 aliphatic rings. The lowest BCUT2D eigenvalue weighted by molar-refractivity contribution is -0.118. The molecule has 0 spiro atoms. The van der Waals surface area contributed by atoms with Crippen LogP contribution in [0.3, 0.4) is 0 Å². The van der Waals surface area contributed by atoms with Crippen molar-refractivity contribution < 1.29 is 14.4 Å². The van der Waals surface area contributed by atoms with Crippen molar-refractivity contribution >= 4 is 81.5 Å². The molecule has 0 unspecified atom stereocenters. The van der Waals surface area contributed by atoms with Gasteiger partial charge in [0, 0.05) is 51.9 Å². The van der Waals surface area contributed by atoms with Gasteiger partial charge in [-0.05, 0) is 66.4 Å². The highest BCUT2D eigenvalue weighted by Gasteiger charge is 2.29. The first-order valence-electron chi connectivity index (χ1n) is 9.91. The van der Waals surface area contributed by atoms with E-state index in [4.69, 9.17) is 24.4 Å². The molecule has 0 fully saturated rings. The Balaban J connectivity index is 1.96. The van der Waals surface area contributed by atoms with Gasteiger partial charge in [-0.3, -0.25) is 28.7 Å². The van der Waals surface area contributed by atoms with E-state index in [0.717, 1.165) is 9.80 Å². The Labute approximate surface area is 211 Å². The van der Waals surface area contributed by atoms with Gasteiger partial charge in [-0.25, -0.2) is 0 Å². The third-order valence-corrected chi connectivity index (χ3v) is 7.03. The van der Waals surface area contributed by atoms with Gasteiger partial charge in [0.25, 0.3) is 5.91 Å². The van der Waals surface area contributed by atoms with E-state index in [1.54, 1.807) is 29.2 Å². The Morgan fingerprint density at radius 2 is 1.58 bits per heavy atom. The van der Waals surface area contributed by atoms with Crippen molar-refractivity contribution in [2.24, 2.45) is 0 Å². The van der Waals surface area contributed by atoms with Crippen molar-refractivity contribution in [1.82, 2.24) is 9.44 Å². The van der Waals surface area contributed by atoms with Crippen molar-refractivity contribution in [3.63, 3.8) is 0 Å². The Morgan fingerprint density at radius 1 is 0.909 bits per heavy atom. The third-order valence-electron chi connectivity index (χ3n) is 4.46. The van der Waals surface area contributed by atoms with E-state index >= 15 is 0 Å². The highest BCUT2D eigenvalue weighted by Crippen LogP contribution is 2.32. The molecule has 1 aromatic carbocycles. The average Bonchev–Trinajstić information content (AvgIpc) is 2.78. The van der Waals surface area contributed by atoms with Gasteiger partial charge in [-0.15, -0.1) is 0 Å². The van der Waals surface area contributed by atoms with E-state index < -0.39 is 0 Å². The number of nitrogens with one attached hydrogen (secondary N) is 2. The first-order valence-corrected chi connectivity index (χ1v) is 12.4. The molecule has 33 heavy (non-hydrogen) atoms. The van der Waals surface area contributed by atoms with Gasteiger partial charge in [0.15, 0.2) is 0 Å². The van der Waals surface area contributed by atoms with E-state index in [9.17, 15) is 14.4 Å². The molecule has 3 amide bonds. The second kappa shape index (κ2) is 11.6. The van der Waals surface area contributed by atoms with Crippen LogP contribution in [0.5, 0.6) is 0 Å². The van der Waals surface area contributed by atoms with Gasteiger partial charge in [0.05, 0.1) is 11.3 Å². The minimum atomic E-state index is -0.258. The lowest BCUT2D eigenvalue weighted by atomic mass is 10.0. The number of nitrogens with zero attached hydrogens (tertiary/aromatic N) is 1. The smallest absolute Gasteiger partial charge is 0.264 e. The quantitative estimate of drug-likeness (QED) is 0.401. The topological polar surface area (TPSA) is 78.5 Å². The number of rotatable bonds is 7. The fraction of sp³-hybridized carbons (Fsp3) is 0.174. The number of allylic oxidation sites excluding steroid dienone is 7. The molecule has 2 N–H and O–H groups in total. The number of hydrogen-bond donors (Lipinski definition) is 2. The Bertz CT molecular complexity index is 1130. The third kappa shape index (κ3) is 6.73. The summed E-state index contributed by atoms with van der Waals surface area (Å²) in [6, 6.07) is 7.26. The fourth-order valence-electron chi connectivity index (χ4n) is 2.99. The number of carbonyl (C=O) groups excluding carboxylic acids is 3. The van der Waals surface area contributed by atoms with E-state index in [-0.39, 0.29) is 17.7 Å². The van der Waals surface area contributed by atoms with Crippen LogP contribution in [0.25, 0.3) is 0 Å². The van der Waals surface area contributed by atoms with Crippen LogP contribution in [0, 0.1) is 0 Å². The molecule has 0 saturated heterocycles. The Kier molecular flexibility index (Phi) is 8.79. The van der Waals surface area contributed by atoms with Crippen LogP contribution < -0.4 is 14.3 Å². The number of anilines is 1. The summed E-state index contributed by atoms with van der Waals surface area (Å²) in [5, 5.41) is 0. The summed E-state index contributed by atoms with van der Waals surface area (Å²) < 4.78 is 5.37. The van der Waals surface area contributed by atoms with Crippen molar-refractivity contribution in [3.8, 4) is 0 Å². The Hall–Kier alpha value is -2.53. The molecule has 6 nitrogen and oxygen atoms in total. The zero-order valence-corrected chi connectivity index (χ0v) is 21.2. The monoisotopic (exact) mass is 515 g/mol. The maximum Gasteiger partial charge on any atom is 0.264 e. The highest BCUT2D eigenvalue weighted by molar-refractivity contribution is 8.01. The van der Waals surface area contributed by atoms with Crippen LogP contribution in [-0.2, 0) is 14.4 Å². The minimum absolute atomic E-state index is 0.149. The molecule has 2 aliphatic carbocycles. The summed E-state index contributed by atoms with van der Waals surface area (Å²) in [5.41, 5.74) is 1.67. The van der Waals surface area contributed by atoms with Gasteiger partial charge < -0.3 is 0 Å². The van der Waals surface area contributed by atoms with Gasteiger partial charge in [0.1, 0.15) is 0 Å². The largest absolute Gasteiger partial charge is 0.297 e. The van der Waals surface area contributed by atoms with Crippen LogP contribution in [0.1, 0.15) is 26.7 Å². The SMILES string of the molecule is CC(=O)NSC1=CC=C(N(C(=O)C2=CC=CCC2=S)c2ccc(SNC(C)=O)cc2)C(=S)C1. The number of carbonyl (C=O) groups is 3. The molecule has 0 atom stereocenters. The van der Waals surface area contributed by atoms with E-state index in [0.29, 0.717) is 39.5 Å². The van der Waals surface area contributed by atoms with Gasteiger partial charge in [0.2, 0.25) is 11.8 Å². The molecule has 0 aliphatic heterocycles. The molecule has 0 bridgehead atoms. The first kappa shape index (κ1) is 25.1. The van der Waals surface area contributed by atoms with Crippen LogP contribution >= 0.6 is 48.3 Å². The molecule has 0 heterocycles. The fourth-order valence-corrected chi connectivity index (χ4v) is 4.81. The maximum atomic E-state index is 13.6. The number of hydrogen-bond acceptors (Lipinski definition) is 7. The second-order valence-electron chi connectivity index (χ2n) is 7.08. The second-order valence-corrected chi connectivity index (χ2v) is 9.87. The van der Waals surface area contributed by atoms with Gasteiger partial charge in [-0.1, -0.05) is 36.6 Å². The molecule has 0 saturated carbocycles. The summed E-state index contributed by atoms with van der Waals surface area (Å²) in [7, 11) is 0. The van der Waals surface area contributed by atoms with Crippen molar-refractivity contribution in [1.29, 1.82) is 0 Å². The summed E-state index contributed by atoms with van der Waals surface area (Å²) >= 11 is 13.5. The summed E-state index contributed by atoms with van der Waals surface area (Å²) in [6.45, 7) is 2.89. The number of amides is 3. The summed E-state index contributed by atoms with van der Waals surface area (Å²) in [4.78, 5) is 40.5. The number of benzene rings is 1. The lowest BCUT2D eigenvalue weighted by Crippen LogP contribution is -2.37. The molecule has 1 aromatic rings. The van der Waals surface area contributed by atoms with Crippen LogP contribution in [0.2, 0.25) is 0 Å². The molecular weight excluding hydrogens is 495 g/mol. The molecule has 3 rings (SSSR count). The predicted molar refractivity (Wildman–Crippen MR) is 143 cm³/mol. The Morgan fingerprint density at radius 3 is 2.18 bits per heavy atom. The highest BCUT2D eigenvalue weighted by atomic mass is 32.2. The van der Waals surface area contributed by atoms with Crippen molar-refractivity contribution in [2.75, 3.05) is 4.90 Å². The molecule has 0 radical (unpaired) electrons. The normalized spacial score (nSPS) is 15.3. The summed E-state index contributed by atoms with van der Waals surface area (Å²) in [5.74, 6) is -0.558. The minimum Gasteiger partial charge on any atom is -0.297 e. The van der Waals surface area contributed by atoms with E-state index in [1.807, 2.05) is 30.4 Å². The zero-order valence-electron chi connectivity index (χ0n) is 17.9. The van der Waals surface area contributed by atoms with Gasteiger partial charge >= 0.3 is 0 Å². The average molecular weight is 516 g/mol. The molecule has 170 valence electrons. The van der Waals surface area contributed by atoms with Crippen LogP contribution in [0.15, 0.2) is 75.7 Å².